The number of rotatable bonds is 8. The summed E-state index contributed by atoms with van der Waals surface area (Å²) in [6.45, 7) is 6.79. The van der Waals surface area contributed by atoms with E-state index in [1.807, 2.05) is 12.1 Å². The number of hydrogen-bond acceptors (Lipinski definition) is 3. The number of anilines is 1. The molecule has 5 nitrogen and oxygen atoms in total. The van der Waals surface area contributed by atoms with Crippen molar-refractivity contribution in [2.24, 2.45) is 5.92 Å². The molecule has 26 heavy (non-hydrogen) atoms. The second-order valence-electron chi connectivity index (χ2n) is 7.52. The van der Waals surface area contributed by atoms with Crippen molar-refractivity contribution in [3.63, 3.8) is 0 Å². The van der Waals surface area contributed by atoms with Crippen LogP contribution in [0.2, 0.25) is 0 Å². The lowest BCUT2D eigenvalue weighted by atomic mass is 10.1. The molecule has 0 aromatic heterocycles. The van der Waals surface area contributed by atoms with Crippen molar-refractivity contribution >= 4 is 17.5 Å². The SMILES string of the molecule is CCCc1ccc(N2C[C@H](C(=O)NCCCN3CCCC3)CC2=O)cc1. The van der Waals surface area contributed by atoms with Gasteiger partial charge in [-0.15, -0.1) is 0 Å². The van der Waals surface area contributed by atoms with Crippen molar-refractivity contribution in [1.29, 1.82) is 0 Å². The van der Waals surface area contributed by atoms with Crippen LogP contribution in [0.4, 0.5) is 5.69 Å². The van der Waals surface area contributed by atoms with Gasteiger partial charge in [0, 0.05) is 25.2 Å². The van der Waals surface area contributed by atoms with E-state index in [9.17, 15) is 9.59 Å². The van der Waals surface area contributed by atoms with Crippen LogP contribution in [0.1, 0.15) is 44.6 Å². The number of nitrogens with zero attached hydrogens (tertiary/aromatic N) is 2. The number of aryl methyl sites for hydroxylation is 1. The molecule has 0 bridgehead atoms. The lowest BCUT2D eigenvalue weighted by Gasteiger charge is -2.17. The Kier molecular flexibility index (Phi) is 6.67. The quantitative estimate of drug-likeness (QED) is 0.728. The van der Waals surface area contributed by atoms with Gasteiger partial charge in [-0.25, -0.2) is 0 Å². The Morgan fingerprint density at radius 1 is 1.19 bits per heavy atom. The van der Waals surface area contributed by atoms with Crippen LogP contribution >= 0.6 is 0 Å². The Morgan fingerprint density at radius 3 is 2.62 bits per heavy atom. The van der Waals surface area contributed by atoms with Gasteiger partial charge in [-0.1, -0.05) is 25.5 Å². The minimum Gasteiger partial charge on any atom is -0.356 e. The lowest BCUT2D eigenvalue weighted by Crippen LogP contribution is -2.34. The number of carbonyl (C=O) groups is 2. The van der Waals surface area contributed by atoms with E-state index in [0.717, 1.165) is 31.5 Å². The van der Waals surface area contributed by atoms with Crippen LogP contribution in [0.5, 0.6) is 0 Å². The average molecular weight is 357 g/mol. The summed E-state index contributed by atoms with van der Waals surface area (Å²) in [7, 11) is 0. The van der Waals surface area contributed by atoms with Crippen LogP contribution in [-0.4, -0.2) is 49.4 Å². The zero-order chi connectivity index (χ0) is 18.4. The number of likely N-dealkylation sites (tertiary alicyclic amines) is 1. The maximum absolute atomic E-state index is 12.4. The molecule has 0 spiro atoms. The van der Waals surface area contributed by atoms with Crippen molar-refractivity contribution in [2.75, 3.05) is 37.6 Å². The first-order valence-corrected chi connectivity index (χ1v) is 10.1. The molecule has 0 unspecified atom stereocenters. The van der Waals surface area contributed by atoms with E-state index in [0.29, 0.717) is 19.5 Å². The summed E-state index contributed by atoms with van der Waals surface area (Å²) in [6, 6.07) is 8.16. The molecular formula is C21H31N3O2. The Hall–Kier alpha value is -1.88. The third kappa shape index (κ3) is 4.85. The molecule has 1 N–H and O–H groups in total. The number of benzene rings is 1. The molecule has 2 saturated heterocycles. The summed E-state index contributed by atoms with van der Waals surface area (Å²) >= 11 is 0. The van der Waals surface area contributed by atoms with Gasteiger partial charge in [0.05, 0.1) is 5.92 Å². The molecule has 2 aliphatic heterocycles. The second-order valence-corrected chi connectivity index (χ2v) is 7.52. The molecule has 2 fully saturated rings. The van der Waals surface area contributed by atoms with Crippen LogP contribution in [0.3, 0.4) is 0 Å². The maximum Gasteiger partial charge on any atom is 0.227 e. The first kappa shape index (κ1) is 18.9. The van der Waals surface area contributed by atoms with Gasteiger partial charge in [0.2, 0.25) is 11.8 Å². The number of hydrogen-bond donors (Lipinski definition) is 1. The van der Waals surface area contributed by atoms with Crippen molar-refractivity contribution < 1.29 is 9.59 Å². The molecular weight excluding hydrogens is 326 g/mol. The highest BCUT2D eigenvalue weighted by atomic mass is 16.2. The van der Waals surface area contributed by atoms with E-state index >= 15 is 0 Å². The zero-order valence-electron chi connectivity index (χ0n) is 15.9. The maximum atomic E-state index is 12.4. The van der Waals surface area contributed by atoms with Crippen LogP contribution < -0.4 is 10.2 Å². The highest BCUT2D eigenvalue weighted by molar-refractivity contribution is 6.00. The molecule has 0 saturated carbocycles. The van der Waals surface area contributed by atoms with Gasteiger partial charge in [0.1, 0.15) is 0 Å². The van der Waals surface area contributed by atoms with Crippen molar-refractivity contribution in [3.8, 4) is 0 Å². The summed E-state index contributed by atoms with van der Waals surface area (Å²) in [6.07, 6.45) is 6.06. The van der Waals surface area contributed by atoms with Crippen LogP contribution in [0.15, 0.2) is 24.3 Å². The third-order valence-corrected chi connectivity index (χ3v) is 5.43. The Balaban J connectivity index is 1.44. The standard InChI is InChI=1S/C21H31N3O2/c1-2-6-17-7-9-19(10-8-17)24-16-18(15-20(24)25)21(26)22-11-5-14-23-12-3-4-13-23/h7-10,18H,2-6,11-16H2,1H3,(H,22,26)/t18-/m1/s1. The van der Waals surface area contributed by atoms with E-state index in [-0.39, 0.29) is 17.7 Å². The summed E-state index contributed by atoms with van der Waals surface area (Å²) < 4.78 is 0. The first-order valence-electron chi connectivity index (χ1n) is 10.1. The minimum atomic E-state index is -0.232. The molecule has 1 aromatic carbocycles. The van der Waals surface area contributed by atoms with Crippen molar-refractivity contribution in [2.45, 2.75) is 45.4 Å². The third-order valence-electron chi connectivity index (χ3n) is 5.43. The summed E-state index contributed by atoms with van der Waals surface area (Å²) in [4.78, 5) is 29.0. The molecule has 5 heteroatoms. The van der Waals surface area contributed by atoms with Crippen LogP contribution in [0.25, 0.3) is 0 Å². The molecule has 0 radical (unpaired) electrons. The highest BCUT2D eigenvalue weighted by Crippen LogP contribution is 2.25. The number of carbonyl (C=O) groups excluding carboxylic acids is 2. The van der Waals surface area contributed by atoms with Crippen molar-refractivity contribution in [1.82, 2.24) is 10.2 Å². The molecule has 142 valence electrons. The predicted molar refractivity (Wildman–Crippen MR) is 104 cm³/mol. The zero-order valence-corrected chi connectivity index (χ0v) is 15.9. The minimum absolute atomic E-state index is 0.0184. The predicted octanol–water partition coefficient (Wildman–Crippen LogP) is 2.59. The second kappa shape index (κ2) is 9.17. The molecule has 2 heterocycles. The molecule has 2 aliphatic rings. The lowest BCUT2D eigenvalue weighted by molar-refractivity contribution is -0.126. The number of amides is 2. The van der Waals surface area contributed by atoms with Gasteiger partial charge in [0.25, 0.3) is 0 Å². The van der Waals surface area contributed by atoms with Gasteiger partial charge >= 0.3 is 0 Å². The van der Waals surface area contributed by atoms with Gasteiger partial charge in [0.15, 0.2) is 0 Å². The Labute approximate surface area is 156 Å². The molecule has 1 aromatic rings. The van der Waals surface area contributed by atoms with E-state index < -0.39 is 0 Å². The largest absolute Gasteiger partial charge is 0.356 e. The average Bonchev–Trinajstić information content (AvgIpc) is 3.29. The fourth-order valence-electron chi connectivity index (χ4n) is 3.93. The van der Waals surface area contributed by atoms with Gasteiger partial charge < -0.3 is 15.1 Å². The van der Waals surface area contributed by atoms with Crippen LogP contribution in [0, 0.1) is 5.92 Å². The summed E-state index contributed by atoms with van der Waals surface area (Å²) in [5.41, 5.74) is 2.19. The smallest absolute Gasteiger partial charge is 0.227 e. The Morgan fingerprint density at radius 2 is 1.92 bits per heavy atom. The molecule has 2 amide bonds. The monoisotopic (exact) mass is 357 g/mol. The molecule has 1 atom stereocenters. The summed E-state index contributed by atoms with van der Waals surface area (Å²) in [5, 5.41) is 3.02. The molecule has 3 rings (SSSR count). The van der Waals surface area contributed by atoms with E-state index in [1.165, 1.54) is 31.5 Å². The van der Waals surface area contributed by atoms with Gasteiger partial charge in [-0.3, -0.25) is 9.59 Å². The fourth-order valence-corrected chi connectivity index (χ4v) is 3.93. The van der Waals surface area contributed by atoms with Gasteiger partial charge in [-0.05, 0) is 63.0 Å². The van der Waals surface area contributed by atoms with Crippen molar-refractivity contribution in [3.05, 3.63) is 29.8 Å². The number of nitrogens with one attached hydrogen (secondary N) is 1. The fraction of sp³-hybridized carbons (Fsp3) is 0.619. The van der Waals surface area contributed by atoms with Crippen LogP contribution in [-0.2, 0) is 16.0 Å². The summed E-state index contributed by atoms with van der Waals surface area (Å²) in [5.74, 6) is -0.167. The first-order chi connectivity index (χ1) is 12.7. The Bertz CT molecular complexity index is 608. The van der Waals surface area contributed by atoms with E-state index in [4.69, 9.17) is 0 Å². The topological polar surface area (TPSA) is 52.7 Å². The van der Waals surface area contributed by atoms with E-state index in [2.05, 4.69) is 29.3 Å². The molecule has 0 aliphatic carbocycles. The van der Waals surface area contributed by atoms with E-state index in [1.54, 1.807) is 4.90 Å². The highest BCUT2D eigenvalue weighted by Gasteiger charge is 2.34. The van der Waals surface area contributed by atoms with Gasteiger partial charge in [-0.2, -0.15) is 0 Å². The normalized spacial score (nSPS) is 20.7.